The molecule has 0 aromatic heterocycles. The molecule has 110 valence electrons. The number of rotatable bonds is 5. The summed E-state index contributed by atoms with van der Waals surface area (Å²) in [7, 11) is 3.21. The van der Waals surface area contributed by atoms with Gasteiger partial charge in [0.15, 0.2) is 0 Å². The fraction of sp³-hybridized carbons (Fsp3) is 0.235. The largest absolute Gasteiger partial charge is 0.465 e. The molecule has 2 aromatic carbocycles. The fourth-order valence-corrected chi connectivity index (χ4v) is 2.20. The normalized spacial score (nSPS) is 10.7. The van der Waals surface area contributed by atoms with Gasteiger partial charge in [0, 0.05) is 13.1 Å². The summed E-state index contributed by atoms with van der Waals surface area (Å²) in [6, 6.07) is 14.7. The van der Waals surface area contributed by atoms with Crippen molar-refractivity contribution in [1.82, 2.24) is 4.90 Å². The van der Waals surface area contributed by atoms with Crippen LogP contribution < -0.4 is 0 Å². The summed E-state index contributed by atoms with van der Waals surface area (Å²) in [4.78, 5) is 13.4. The van der Waals surface area contributed by atoms with Crippen molar-refractivity contribution in [3.05, 3.63) is 71.0 Å². The highest BCUT2D eigenvalue weighted by molar-refractivity contribution is 5.89. The first-order chi connectivity index (χ1) is 10.1. The van der Waals surface area contributed by atoms with Gasteiger partial charge in [-0.3, -0.25) is 4.90 Å². The van der Waals surface area contributed by atoms with Gasteiger partial charge in [0.25, 0.3) is 0 Å². The molecule has 21 heavy (non-hydrogen) atoms. The van der Waals surface area contributed by atoms with Crippen LogP contribution in [0.5, 0.6) is 0 Å². The average Bonchev–Trinajstić information content (AvgIpc) is 2.47. The van der Waals surface area contributed by atoms with Crippen molar-refractivity contribution in [3.63, 3.8) is 0 Å². The molecule has 0 atom stereocenters. The Morgan fingerprint density at radius 3 is 2.38 bits per heavy atom. The highest BCUT2D eigenvalue weighted by atomic mass is 19.1. The van der Waals surface area contributed by atoms with Crippen LogP contribution >= 0.6 is 0 Å². The lowest BCUT2D eigenvalue weighted by Gasteiger charge is -2.17. The van der Waals surface area contributed by atoms with Gasteiger partial charge in [-0.15, -0.1) is 0 Å². The van der Waals surface area contributed by atoms with Gasteiger partial charge in [0.1, 0.15) is 5.82 Å². The van der Waals surface area contributed by atoms with Crippen LogP contribution in [-0.2, 0) is 17.8 Å². The minimum atomic E-state index is -0.656. The molecule has 2 rings (SSSR count). The van der Waals surface area contributed by atoms with Gasteiger partial charge in [-0.05, 0) is 30.3 Å². The molecule has 0 saturated heterocycles. The van der Waals surface area contributed by atoms with Gasteiger partial charge in [-0.2, -0.15) is 0 Å². The zero-order valence-electron chi connectivity index (χ0n) is 12.2. The first-order valence-electron chi connectivity index (χ1n) is 6.69. The van der Waals surface area contributed by atoms with E-state index in [1.165, 1.54) is 24.8 Å². The maximum atomic E-state index is 13.8. The van der Waals surface area contributed by atoms with Crippen LogP contribution in [0.3, 0.4) is 0 Å². The van der Waals surface area contributed by atoms with E-state index in [1.54, 1.807) is 6.07 Å². The zero-order valence-corrected chi connectivity index (χ0v) is 12.2. The summed E-state index contributed by atoms with van der Waals surface area (Å²) in [5, 5.41) is 0. The van der Waals surface area contributed by atoms with Crippen molar-refractivity contribution in [2.24, 2.45) is 0 Å². The number of esters is 1. The maximum Gasteiger partial charge on any atom is 0.340 e. The second-order valence-electron chi connectivity index (χ2n) is 4.96. The minimum Gasteiger partial charge on any atom is -0.465 e. The lowest BCUT2D eigenvalue weighted by atomic mass is 10.1. The van der Waals surface area contributed by atoms with E-state index in [4.69, 9.17) is 0 Å². The predicted octanol–water partition coefficient (Wildman–Crippen LogP) is 3.24. The van der Waals surface area contributed by atoms with Gasteiger partial charge >= 0.3 is 5.97 Å². The molecule has 3 nitrogen and oxygen atoms in total. The molecule has 4 heteroatoms. The van der Waals surface area contributed by atoms with Crippen LogP contribution in [0.25, 0.3) is 0 Å². The topological polar surface area (TPSA) is 29.5 Å². The molecule has 0 amide bonds. The molecule has 0 aliphatic carbocycles. The third-order valence-corrected chi connectivity index (χ3v) is 3.19. The zero-order chi connectivity index (χ0) is 15.2. The van der Waals surface area contributed by atoms with Crippen LogP contribution in [0, 0.1) is 5.82 Å². The number of hydrogen-bond donors (Lipinski definition) is 0. The number of hydrogen-bond acceptors (Lipinski definition) is 3. The van der Waals surface area contributed by atoms with E-state index in [-0.39, 0.29) is 5.56 Å². The number of carbonyl (C=O) groups excluding carboxylic acids is 1. The maximum absolute atomic E-state index is 13.8. The molecule has 0 fully saturated rings. The average molecular weight is 287 g/mol. The van der Waals surface area contributed by atoms with Crippen molar-refractivity contribution in [2.45, 2.75) is 13.1 Å². The predicted molar refractivity (Wildman–Crippen MR) is 79.4 cm³/mol. The Hall–Kier alpha value is -2.20. The second kappa shape index (κ2) is 6.99. The molecule has 0 spiro atoms. The van der Waals surface area contributed by atoms with E-state index >= 15 is 0 Å². The lowest BCUT2D eigenvalue weighted by molar-refractivity contribution is 0.0595. The Balaban J connectivity index is 2.03. The summed E-state index contributed by atoms with van der Waals surface area (Å²) in [6.07, 6.45) is 0. The highest BCUT2D eigenvalue weighted by Crippen LogP contribution is 2.14. The molecule has 2 aromatic rings. The first kappa shape index (κ1) is 15.2. The summed E-state index contributed by atoms with van der Waals surface area (Å²) >= 11 is 0. The number of carbonyl (C=O) groups is 1. The molecule has 0 heterocycles. The standard InChI is InChI=1S/C17H18FNO2/c1-19(11-13-6-4-3-5-7-13)12-14-8-9-15(16(18)10-14)17(20)21-2/h3-10H,11-12H2,1-2H3. The van der Waals surface area contributed by atoms with Crippen LogP contribution in [0.15, 0.2) is 48.5 Å². The minimum absolute atomic E-state index is 0.0352. The van der Waals surface area contributed by atoms with E-state index in [2.05, 4.69) is 21.8 Å². The third-order valence-electron chi connectivity index (χ3n) is 3.19. The van der Waals surface area contributed by atoms with Crippen molar-refractivity contribution in [1.29, 1.82) is 0 Å². The Morgan fingerprint density at radius 2 is 1.76 bits per heavy atom. The van der Waals surface area contributed by atoms with Crippen LogP contribution in [-0.4, -0.2) is 25.0 Å². The molecule has 0 bridgehead atoms. The summed E-state index contributed by atoms with van der Waals surface area (Å²) in [5.74, 6) is -1.20. The smallest absolute Gasteiger partial charge is 0.340 e. The van der Waals surface area contributed by atoms with Gasteiger partial charge in [0.05, 0.1) is 12.7 Å². The highest BCUT2D eigenvalue weighted by Gasteiger charge is 2.12. The van der Waals surface area contributed by atoms with Crippen LogP contribution in [0.2, 0.25) is 0 Å². The monoisotopic (exact) mass is 287 g/mol. The van der Waals surface area contributed by atoms with E-state index in [0.717, 1.165) is 12.1 Å². The molecular weight excluding hydrogens is 269 g/mol. The quantitative estimate of drug-likeness (QED) is 0.791. The first-order valence-corrected chi connectivity index (χ1v) is 6.69. The van der Waals surface area contributed by atoms with Gasteiger partial charge in [-0.25, -0.2) is 9.18 Å². The lowest BCUT2D eigenvalue weighted by Crippen LogP contribution is -2.17. The van der Waals surface area contributed by atoms with Crippen molar-refractivity contribution < 1.29 is 13.9 Å². The van der Waals surface area contributed by atoms with E-state index in [1.807, 2.05) is 25.2 Å². The molecule has 0 unspecified atom stereocenters. The van der Waals surface area contributed by atoms with E-state index < -0.39 is 11.8 Å². The van der Waals surface area contributed by atoms with Crippen LogP contribution in [0.4, 0.5) is 4.39 Å². The third kappa shape index (κ3) is 4.13. The van der Waals surface area contributed by atoms with Gasteiger partial charge in [-0.1, -0.05) is 36.4 Å². The number of ether oxygens (including phenoxy) is 1. The summed E-state index contributed by atoms with van der Waals surface area (Å²) < 4.78 is 18.4. The number of nitrogens with zero attached hydrogens (tertiary/aromatic N) is 1. The van der Waals surface area contributed by atoms with Gasteiger partial charge in [0.2, 0.25) is 0 Å². The summed E-state index contributed by atoms with van der Waals surface area (Å²) in [5.41, 5.74) is 1.98. The molecule has 0 aliphatic heterocycles. The Bertz CT molecular complexity index is 613. The van der Waals surface area contributed by atoms with Crippen molar-refractivity contribution in [3.8, 4) is 0 Å². The molecular formula is C17H18FNO2. The second-order valence-corrected chi connectivity index (χ2v) is 4.96. The molecule has 0 aliphatic rings. The number of halogens is 1. The Kier molecular flexibility index (Phi) is 5.06. The molecule has 0 N–H and O–H groups in total. The van der Waals surface area contributed by atoms with Crippen LogP contribution in [0.1, 0.15) is 21.5 Å². The summed E-state index contributed by atoms with van der Waals surface area (Å²) in [6.45, 7) is 1.38. The fourth-order valence-electron chi connectivity index (χ4n) is 2.20. The number of methoxy groups -OCH3 is 1. The SMILES string of the molecule is COC(=O)c1ccc(CN(C)Cc2ccccc2)cc1F. The van der Waals surface area contributed by atoms with E-state index in [9.17, 15) is 9.18 Å². The van der Waals surface area contributed by atoms with Gasteiger partial charge < -0.3 is 4.74 Å². The van der Waals surface area contributed by atoms with Crippen molar-refractivity contribution in [2.75, 3.05) is 14.2 Å². The van der Waals surface area contributed by atoms with E-state index in [0.29, 0.717) is 6.54 Å². The Morgan fingerprint density at radius 1 is 1.10 bits per heavy atom. The van der Waals surface area contributed by atoms with Crippen molar-refractivity contribution >= 4 is 5.97 Å². The number of benzene rings is 2. The molecule has 0 radical (unpaired) electrons. The Labute approximate surface area is 124 Å². The molecule has 0 saturated carbocycles.